The third-order valence-corrected chi connectivity index (χ3v) is 2.78. The maximum Gasteiger partial charge on any atom is 0.270 e. The second kappa shape index (κ2) is 6.12. The fraction of sp³-hybridized carbons (Fsp3) is 0.308. The molecule has 0 saturated heterocycles. The molecule has 0 radical (unpaired) electrons. The second-order valence-corrected chi connectivity index (χ2v) is 4.34. The standard InChI is InChI=1S/C13H14N3OS/c1-3-4-5-9-17-13-12(14-18-15-13)11-7-6-8-16(2)10-11/h6-8,10H,3-4H2,1-2H3/q+1. The summed E-state index contributed by atoms with van der Waals surface area (Å²) in [7, 11) is 1.96. The molecule has 2 heterocycles. The Balaban J connectivity index is 2.21. The molecule has 0 aliphatic carbocycles. The van der Waals surface area contributed by atoms with Crippen LogP contribution >= 0.6 is 11.7 Å². The van der Waals surface area contributed by atoms with Crippen molar-refractivity contribution < 1.29 is 9.30 Å². The molecule has 0 aliphatic heterocycles. The van der Waals surface area contributed by atoms with Crippen molar-refractivity contribution in [1.29, 1.82) is 0 Å². The Morgan fingerprint density at radius 2 is 2.33 bits per heavy atom. The third kappa shape index (κ3) is 3.05. The largest absolute Gasteiger partial charge is 0.384 e. The molecule has 2 aromatic rings. The van der Waals surface area contributed by atoms with Gasteiger partial charge in [0, 0.05) is 12.5 Å². The molecule has 2 rings (SSSR count). The first-order valence-electron chi connectivity index (χ1n) is 5.74. The van der Waals surface area contributed by atoms with Crippen LogP contribution in [-0.2, 0) is 7.05 Å². The van der Waals surface area contributed by atoms with E-state index in [1.54, 1.807) is 0 Å². The molecule has 0 fully saturated rings. The second-order valence-electron chi connectivity index (χ2n) is 3.81. The monoisotopic (exact) mass is 260 g/mol. The molecular weight excluding hydrogens is 246 g/mol. The highest BCUT2D eigenvalue weighted by Gasteiger charge is 2.13. The number of pyridine rings is 1. The minimum atomic E-state index is 0.481. The van der Waals surface area contributed by atoms with Gasteiger partial charge in [-0.2, -0.15) is 4.37 Å². The Labute approximate surface area is 111 Å². The van der Waals surface area contributed by atoms with Gasteiger partial charge in [-0.25, -0.2) is 4.57 Å². The van der Waals surface area contributed by atoms with Crippen molar-refractivity contribution in [3.63, 3.8) is 0 Å². The number of hydrogen-bond acceptors (Lipinski definition) is 4. The zero-order valence-electron chi connectivity index (χ0n) is 10.4. The van der Waals surface area contributed by atoms with Crippen LogP contribution in [0.2, 0.25) is 0 Å². The third-order valence-electron chi connectivity index (χ3n) is 2.27. The minimum Gasteiger partial charge on any atom is -0.384 e. The molecule has 4 nitrogen and oxygen atoms in total. The summed E-state index contributed by atoms with van der Waals surface area (Å²) in [5.74, 6) is 3.40. The highest BCUT2D eigenvalue weighted by atomic mass is 32.1. The SMILES string of the molecule is CCCC#COc1nsnc1-c1ccc[n+](C)c1. The molecule has 92 valence electrons. The Kier molecular flexibility index (Phi) is 4.26. The first kappa shape index (κ1) is 12.5. The van der Waals surface area contributed by atoms with E-state index in [0.29, 0.717) is 5.88 Å². The van der Waals surface area contributed by atoms with Gasteiger partial charge in [0.25, 0.3) is 5.88 Å². The molecule has 0 amide bonds. The minimum absolute atomic E-state index is 0.481. The first-order valence-corrected chi connectivity index (χ1v) is 6.47. The number of nitrogens with zero attached hydrogens (tertiary/aromatic N) is 3. The van der Waals surface area contributed by atoms with Gasteiger partial charge in [0.1, 0.15) is 13.2 Å². The van der Waals surface area contributed by atoms with E-state index in [1.807, 2.05) is 36.1 Å². The summed E-state index contributed by atoms with van der Waals surface area (Å²) in [5.41, 5.74) is 1.71. The smallest absolute Gasteiger partial charge is 0.270 e. The van der Waals surface area contributed by atoms with Gasteiger partial charge in [0.05, 0.1) is 17.3 Å². The number of rotatable bonds is 3. The summed E-state index contributed by atoms with van der Waals surface area (Å²) in [6.07, 6.45) is 8.45. The summed E-state index contributed by atoms with van der Waals surface area (Å²) in [6.45, 7) is 2.08. The summed E-state index contributed by atoms with van der Waals surface area (Å²) < 4.78 is 15.7. The van der Waals surface area contributed by atoms with E-state index in [1.165, 1.54) is 0 Å². The van der Waals surface area contributed by atoms with Crippen molar-refractivity contribution >= 4 is 11.7 Å². The lowest BCUT2D eigenvalue weighted by Gasteiger charge is -1.96. The molecule has 5 heteroatoms. The molecule has 2 aromatic heterocycles. The van der Waals surface area contributed by atoms with Crippen LogP contribution in [0.3, 0.4) is 0 Å². The zero-order chi connectivity index (χ0) is 12.8. The highest BCUT2D eigenvalue weighted by molar-refractivity contribution is 6.99. The van der Waals surface area contributed by atoms with Gasteiger partial charge >= 0.3 is 0 Å². The predicted molar refractivity (Wildman–Crippen MR) is 69.8 cm³/mol. The molecule has 0 atom stereocenters. The molecule has 0 spiro atoms. The predicted octanol–water partition coefficient (Wildman–Crippen LogP) is 2.17. The van der Waals surface area contributed by atoms with Crippen LogP contribution in [0.4, 0.5) is 0 Å². The number of hydrogen-bond donors (Lipinski definition) is 0. The average Bonchev–Trinajstić information content (AvgIpc) is 2.83. The summed E-state index contributed by atoms with van der Waals surface area (Å²) in [4.78, 5) is 0. The van der Waals surface area contributed by atoms with E-state index in [-0.39, 0.29) is 0 Å². The van der Waals surface area contributed by atoms with E-state index >= 15 is 0 Å². The van der Waals surface area contributed by atoms with Crippen LogP contribution < -0.4 is 9.30 Å². The van der Waals surface area contributed by atoms with Gasteiger partial charge in [-0.15, -0.1) is 4.37 Å². The van der Waals surface area contributed by atoms with Crippen molar-refractivity contribution in [3.8, 4) is 29.2 Å². The van der Waals surface area contributed by atoms with Gasteiger partial charge in [0.2, 0.25) is 0 Å². The molecule has 18 heavy (non-hydrogen) atoms. The molecule has 0 saturated carbocycles. The van der Waals surface area contributed by atoms with Crippen LogP contribution in [0.15, 0.2) is 24.5 Å². The maximum atomic E-state index is 5.34. The fourth-order valence-electron chi connectivity index (χ4n) is 1.41. The van der Waals surface area contributed by atoms with Crippen molar-refractivity contribution in [3.05, 3.63) is 24.5 Å². The molecular formula is C13H14N3OS+. The average molecular weight is 260 g/mol. The van der Waals surface area contributed by atoms with Crippen molar-refractivity contribution in [2.45, 2.75) is 19.8 Å². The first-order chi connectivity index (χ1) is 8.81. The summed E-state index contributed by atoms with van der Waals surface area (Å²) >= 11 is 1.13. The van der Waals surface area contributed by atoms with Crippen LogP contribution in [0.5, 0.6) is 5.88 Å². The molecule has 0 bridgehead atoms. The molecule has 0 aromatic carbocycles. The number of unbranched alkanes of at least 4 members (excludes halogenated alkanes) is 1. The van der Waals surface area contributed by atoms with Crippen molar-refractivity contribution in [2.24, 2.45) is 7.05 Å². The number of aromatic nitrogens is 3. The topological polar surface area (TPSA) is 38.9 Å². The van der Waals surface area contributed by atoms with Gasteiger partial charge in [-0.3, -0.25) is 0 Å². The Hall–Kier alpha value is -1.93. The maximum absolute atomic E-state index is 5.34. The zero-order valence-corrected chi connectivity index (χ0v) is 11.2. The van der Waals surface area contributed by atoms with Crippen LogP contribution in [0.25, 0.3) is 11.3 Å². The van der Waals surface area contributed by atoms with E-state index in [0.717, 1.165) is 35.8 Å². The van der Waals surface area contributed by atoms with Gasteiger partial charge < -0.3 is 4.74 Å². The Morgan fingerprint density at radius 1 is 1.44 bits per heavy atom. The molecule has 0 unspecified atom stereocenters. The van der Waals surface area contributed by atoms with Gasteiger partial charge in [0.15, 0.2) is 18.1 Å². The van der Waals surface area contributed by atoms with E-state index in [2.05, 4.69) is 27.7 Å². The van der Waals surface area contributed by atoms with Gasteiger partial charge in [-0.1, -0.05) is 12.8 Å². The highest BCUT2D eigenvalue weighted by Crippen LogP contribution is 2.26. The Bertz CT molecular complexity index is 583. The Morgan fingerprint density at radius 3 is 3.11 bits per heavy atom. The lowest BCUT2D eigenvalue weighted by Crippen LogP contribution is -2.26. The van der Waals surface area contributed by atoms with Crippen molar-refractivity contribution in [1.82, 2.24) is 8.75 Å². The number of ether oxygens (including phenoxy) is 1. The van der Waals surface area contributed by atoms with Crippen LogP contribution in [0, 0.1) is 12.0 Å². The van der Waals surface area contributed by atoms with Gasteiger partial charge in [-0.05, 0) is 12.5 Å². The quantitative estimate of drug-likeness (QED) is 0.627. The fourth-order valence-corrected chi connectivity index (χ4v) is 1.92. The van der Waals surface area contributed by atoms with Crippen molar-refractivity contribution in [2.75, 3.05) is 0 Å². The molecule has 0 aliphatic rings. The van der Waals surface area contributed by atoms with E-state index < -0.39 is 0 Å². The summed E-state index contributed by atoms with van der Waals surface area (Å²) in [6, 6.07) is 3.93. The molecule has 0 N–H and O–H groups in total. The normalized spacial score (nSPS) is 9.67. The number of aryl methyl sites for hydroxylation is 1. The summed E-state index contributed by atoms with van der Waals surface area (Å²) in [5, 5.41) is 0. The lowest BCUT2D eigenvalue weighted by molar-refractivity contribution is -0.671. The van der Waals surface area contributed by atoms with E-state index in [9.17, 15) is 0 Å². The lowest BCUT2D eigenvalue weighted by atomic mass is 10.2. The van der Waals surface area contributed by atoms with E-state index in [4.69, 9.17) is 4.74 Å². The van der Waals surface area contributed by atoms with Crippen LogP contribution in [0.1, 0.15) is 19.8 Å². The van der Waals surface area contributed by atoms with Crippen LogP contribution in [-0.4, -0.2) is 8.75 Å².